The van der Waals surface area contributed by atoms with Crippen molar-refractivity contribution in [2.24, 2.45) is 5.84 Å². The van der Waals surface area contributed by atoms with Crippen LogP contribution in [-0.2, 0) is 9.84 Å². The minimum atomic E-state index is -3.33. The fourth-order valence-corrected chi connectivity index (χ4v) is 3.80. The molecule has 94 valence electrons. The Labute approximate surface area is 101 Å². The summed E-state index contributed by atoms with van der Waals surface area (Å²) in [6, 6.07) is 2.97. The SMILES string of the molecule is NNc1ccc(S(=O)(=O)C2CCCCC2)nn1. The first-order chi connectivity index (χ1) is 8.14. The fourth-order valence-electron chi connectivity index (χ4n) is 2.09. The molecule has 1 fully saturated rings. The lowest BCUT2D eigenvalue weighted by Gasteiger charge is -2.20. The van der Waals surface area contributed by atoms with Gasteiger partial charge in [0.05, 0.1) is 5.25 Å². The van der Waals surface area contributed by atoms with Crippen molar-refractivity contribution < 1.29 is 8.42 Å². The number of sulfone groups is 1. The van der Waals surface area contributed by atoms with E-state index in [4.69, 9.17) is 5.84 Å². The maximum Gasteiger partial charge on any atom is 0.200 e. The van der Waals surface area contributed by atoms with E-state index in [1.54, 1.807) is 0 Å². The molecular weight excluding hydrogens is 240 g/mol. The fraction of sp³-hybridized carbons (Fsp3) is 0.600. The summed E-state index contributed by atoms with van der Waals surface area (Å²) in [6.45, 7) is 0. The summed E-state index contributed by atoms with van der Waals surface area (Å²) in [5, 5.41) is 7.15. The smallest absolute Gasteiger partial charge is 0.200 e. The van der Waals surface area contributed by atoms with Gasteiger partial charge >= 0.3 is 0 Å². The highest BCUT2D eigenvalue weighted by Gasteiger charge is 2.30. The van der Waals surface area contributed by atoms with E-state index >= 15 is 0 Å². The number of hydrogen-bond donors (Lipinski definition) is 2. The van der Waals surface area contributed by atoms with Gasteiger partial charge in [0.2, 0.25) is 0 Å². The molecule has 2 rings (SSSR count). The summed E-state index contributed by atoms with van der Waals surface area (Å²) in [5.74, 6) is 5.50. The molecule has 0 spiro atoms. The predicted octanol–water partition coefficient (Wildman–Crippen LogP) is 0.869. The number of anilines is 1. The molecule has 0 aliphatic heterocycles. The van der Waals surface area contributed by atoms with Crippen molar-refractivity contribution in [1.82, 2.24) is 10.2 Å². The topological polar surface area (TPSA) is 98.0 Å². The van der Waals surface area contributed by atoms with Crippen LogP contribution in [0.3, 0.4) is 0 Å². The first-order valence-electron chi connectivity index (χ1n) is 5.69. The van der Waals surface area contributed by atoms with E-state index < -0.39 is 9.84 Å². The van der Waals surface area contributed by atoms with Crippen LogP contribution in [0.5, 0.6) is 0 Å². The van der Waals surface area contributed by atoms with Crippen LogP contribution < -0.4 is 11.3 Å². The van der Waals surface area contributed by atoms with Crippen LogP contribution in [-0.4, -0.2) is 23.9 Å². The number of rotatable bonds is 3. The maximum absolute atomic E-state index is 12.2. The van der Waals surface area contributed by atoms with E-state index in [0.717, 1.165) is 32.1 Å². The highest BCUT2D eigenvalue weighted by Crippen LogP contribution is 2.27. The monoisotopic (exact) mass is 256 g/mol. The highest BCUT2D eigenvalue weighted by atomic mass is 32.2. The minimum absolute atomic E-state index is 0.0448. The molecule has 6 nitrogen and oxygen atoms in total. The lowest BCUT2D eigenvalue weighted by Crippen LogP contribution is -2.25. The van der Waals surface area contributed by atoms with Gasteiger partial charge in [-0.25, -0.2) is 14.3 Å². The van der Waals surface area contributed by atoms with Crippen molar-refractivity contribution in [3.63, 3.8) is 0 Å². The van der Waals surface area contributed by atoms with E-state index in [1.165, 1.54) is 12.1 Å². The van der Waals surface area contributed by atoms with Crippen LogP contribution in [0.25, 0.3) is 0 Å². The van der Waals surface area contributed by atoms with E-state index in [-0.39, 0.29) is 10.3 Å². The summed E-state index contributed by atoms with van der Waals surface area (Å²) < 4.78 is 24.5. The Kier molecular flexibility index (Phi) is 3.58. The molecule has 1 saturated carbocycles. The number of nitrogens with two attached hydrogens (primary N) is 1. The van der Waals surface area contributed by atoms with Gasteiger partial charge in [0.1, 0.15) is 0 Å². The van der Waals surface area contributed by atoms with Crippen molar-refractivity contribution in [3.05, 3.63) is 12.1 Å². The zero-order valence-electron chi connectivity index (χ0n) is 9.46. The third-order valence-corrected chi connectivity index (χ3v) is 5.22. The Hall–Kier alpha value is -1.21. The van der Waals surface area contributed by atoms with E-state index in [2.05, 4.69) is 15.6 Å². The molecule has 1 aromatic rings. The zero-order valence-corrected chi connectivity index (χ0v) is 10.3. The first kappa shape index (κ1) is 12.3. The second kappa shape index (κ2) is 4.97. The van der Waals surface area contributed by atoms with Crippen molar-refractivity contribution >= 4 is 15.7 Å². The highest BCUT2D eigenvalue weighted by molar-refractivity contribution is 7.92. The van der Waals surface area contributed by atoms with Crippen LogP contribution in [0.1, 0.15) is 32.1 Å². The van der Waals surface area contributed by atoms with Crippen molar-refractivity contribution in [1.29, 1.82) is 0 Å². The van der Waals surface area contributed by atoms with Gasteiger partial charge in [-0.15, -0.1) is 10.2 Å². The van der Waals surface area contributed by atoms with Crippen LogP contribution in [0.2, 0.25) is 0 Å². The summed E-state index contributed by atoms with van der Waals surface area (Å²) >= 11 is 0. The zero-order chi connectivity index (χ0) is 12.3. The molecule has 1 aromatic heterocycles. The molecular formula is C10H16N4O2S. The quantitative estimate of drug-likeness (QED) is 0.615. The number of nitrogen functional groups attached to an aromatic ring is 1. The molecule has 0 radical (unpaired) electrons. The van der Waals surface area contributed by atoms with Crippen LogP contribution >= 0.6 is 0 Å². The molecule has 0 amide bonds. The molecule has 7 heteroatoms. The number of nitrogens with zero attached hydrogens (tertiary/aromatic N) is 2. The molecule has 3 N–H and O–H groups in total. The van der Waals surface area contributed by atoms with Crippen molar-refractivity contribution in [2.75, 3.05) is 5.43 Å². The van der Waals surface area contributed by atoms with Gasteiger partial charge in [0.25, 0.3) is 0 Å². The predicted molar refractivity (Wildman–Crippen MR) is 63.9 cm³/mol. The minimum Gasteiger partial charge on any atom is -0.307 e. The molecule has 0 saturated heterocycles. The van der Waals surface area contributed by atoms with Crippen molar-refractivity contribution in [2.45, 2.75) is 42.4 Å². The van der Waals surface area contributed by atoms with Gasteiger partial charge in [-0.3, -0.25) is 0 Å². The van der Waals surface area contributed by atoms with Crippen LogP contribution in [0.4, 0.5) is 5.82 Å². The largest absolute Gasteiger partial charge is 0.307 e. The number of hydrogen-bond acceptors (Lipinski definition) is 6. The number of nitrogens with one attached hydrogen (secondary N) is 1. The average molecular weight is 256 g/mol. The summed E-state index contributed by atoms with van der Waals surface area (Å²) in [4.78, 5) is 0. The second-order valence-corrected chi connectivity index (χ2v) is 6.38. The van der Waals surface area contributed by atoms with Gasteiger partial charge in [-0.1, -0.05) is 19.3 Å². The molecule has 0 atom stereocenters. The number of aromatic nitrogens is 2. The average Bonchev–Trinajstić information content (AvgIpc) is 2.40. The molecule has 1 heterocycles. The van der Waals surface area contributed by atoms with Crippen molar-refractivity contribution in [3.8, 4) is 0 Å². The standard InChI is InChI=1S/C10H16N4O2S/c11-12-9-6-7-10(14-13-9)17(15,16)8-4-2-1-3-5-8/h6-8H,1-5,11H2,(H,12,13). The summed E-state index contributed by atoms with van der Waals surface area (Å²) in [5.41, 5.74) is 2.32. The molecule has 0 unspecified atom stereocenters. The summed E-state index contributed by atoms with van der Waals surface area (Å²) in [6.07, 6.45) is 4.51. The van der Waals surface area contributed by atoms with Gasteiger partial charge in [-0.2, -0.15) is 0 Å². The van der Waals surface area contributed by atoms with E-state index in [9.17, 15) is 8.42 Å². The van der Waals surface area contributed by atoms with Gasteiger partial charge < -0.3 is 5.43 Å². The Morgan fingerprint density at radius 2 is 1.88 bits per heavy atom. The number of hydrazine groups is 1. The molecule has 0 bridgehead atoms. The normalized spacial score (nSPS) is 17.9. The molecule has 1 aliphatic carbocycles. The Bertz CT molecular complexity index is 466. The lowest BCUT2D eigenvalue weighted by atomic mass is 10.0. The molecule has 17 heavy (non-hydrogen) atoms. The lowest BCUT2D eigenvalue weighted by molar-refractivity contribution is 0.481. The molecule has 0 aromatic carbocycles. The van der Waals surface area contributed by atoms with Crippen LogP contribution in [0, 0.1) is 0 Å². The van der Waals surface area contributed by atoms with Gasteiger partial charge in [0.15, 0.2) is 20.7 Å². The van der Waals surface area contributed by atoms with Gasteiger partial charge in [-0.05, 0) is 25.0 Å². The summed E-state index contributed by atoms with van der Waals surface area (Å²) in [7, 11) is -3.33. The van der Waals surface area contributed by atoms with Crippen LogP contribution in [0.15, 0.2) is 17.2 Å². The molecule has 1 aliphatic rings. The first-order valence-corrected chi connectivity index (χ1v) is 7.23. The Balaban J connectivity index is 2.23. The maximum atomic E-state index is 12.2. The van der Waals surface area contributed by atoms with E-state index in [1.807, 2.05) is 0 Å². The Morgan fingerprint density at radius 1 is 1.18 bits per heavy atom. The van der Waals surface area contributed by atoms with E-state index in [0.29, 0.717) is 5.82 Å². The third kappa shape index (κ3) is 2.55. The van der Waals surface area contributed by atoms with Gasteiger partial charge in [0, 0.05) is 0 Å². The Morgan fingerprint density at radius 3 is 2.41 bits per heavy atom. The second-order valence-electron chi connectivity index (χ2n) is 4.21. The third-order valence-electron chi connectivity index (χ3n) is 3.07.